The first-order valence-corrected chi connectivity index (χ1v) is 5.91. The lowest BCUT2D eigenvalue weighted by Crippen LogP contribution is -2.46. The summed E-state index contributed by atoms with van der Waals surface area (Å²) in [5.74, 6) is -1.16. The van der Waals surface area contributed by atoms with Gasteiger partial charge in [0.1, 0.15) is 6.04 Å². The van der Waals surface area contributed by atoms with Crippen molar-refractivity contribution in [1.82, 2.24) is 9.44 Å². The molecule has 0 bridgehead atoms. The standard InChI is InChI=1S/C7H16N2O4S/c1-3-5-6(7(10)11)9-14(12,13)8-4-2/h6,8-9H,3-5H2,1-2H3,(H,10,11). The molecule has 0 amide bonds. The van der Waals surface area contributed by atoms with Crippen LogP contribution in [0, 0.1) is 0 Å². The van der Waals surface area contributed by atoms with Gasteiger partial charge in [0.2, 0.25) is 0 Å². The molecule has 0 aliphatic heterocycles. The lowest BCUT2D eigenvalue weighted by Gasteiger charge is -2.13. The minimum atomic E-state index is -3.68. The van der Waals surface area contributed by atoms with Crippen molar-refractivity contribution in [2.45, 2.75) is 32.7 Å². The van der Waals surface area contributed by atoms with E-state index >= 15 is 0 Å². The van der Waals surface area contributed by atoms with Crippen molar-refractivity contribution in [3.8, 4) is 0 Å². The van der Waals surface area contributed by atoms with Gasteiger partial charge in [-0.15, -0.1) is 0 Å². The van der Waals surface area contributed by atoms with Gasteiger partial charge < -0.3 is 5.11 Å². The second-order valence-electron chi connectivity index (χ2n) is 2.80. The maximum absolute atomic E-state index is 11.1. The van der Waals surface area contributed by atoms with E-state index in [-0.39, 0.29) is 13.0 Å². The molecule has 0 aromatic heterocycles. The van der Waals surface area contributed by atoms with Crippen molar-refractivity contribution in [3.63, 3.8) is 0 Å². The van der Waals surface area contributed by atoms with Crippen molar-refractivity contribution in [3.05, 3.63) is 0 Å². The van der Waals surface area contributed by atoms with Crippen molar-refractivity contribution >= 4 is 16.2 Å². The minimum Gasteiger partial charge on any atom is -0.480 e. The van der Waals surface area contributed by atoms with Gasteiger partial charge in [0, 0.05) is 6.54 Å². The molecule has 0 radical (unpaired) electrons. The molecule has 1 unspecified atom stereocenters. The van der Waals surface area contributed by atoms with E-state index in [1.165, 1.54) is 0 Å². The third-order valence-electron chi connectivity index (χ3n) is 1.51. The Bertz CT molecular complexity index is 275. The zero-order valence-corrected chi connectivity index (χ0v) is 9.10. The third-order valence-corrected chi connectivity index (χ3v) is 2.77. The Labute approximate surface area is 83.9 Å². The topological polar surface area (TPSA) is 95.5 Å². The number of rotatable bonds is 7. The fraction of sp³-hybridized carbons (Fsp3) is 0.857. The van der Waals surface area contributed by atoms with Crippen molar-refractivity contribution in [1.29, 1.82) is 0 Å². The molecule has 0 aromatic rings. The molecule has 0 heterocycles. The molecule has 14 heavy (non-hydrogen) atoms. The zero-order chi connectivity index (χ0) is 11.2. The highest BCUT2D eigenvalue weighted by Gasteiger charge is 2.21. The number of carboxylic acid groups (broad SMARTS) is 1. The summed E-state index contributed by atoms with van der Waals surface area (Å²) in [6.45, 7) is 3.64. The molecule has 3 N–H and O–H groups in total. The lowest BCUT2D eigenvalue weighted by atomic mass is 10.2. The monoisotopic (exact) mass is 224 g/mol. The van der Waals surface area contributed by atoms with Crippen LogP contribution in [0.1, 0.15) is 26.7 Å². The van der Waals surface area contributed by atoms with E-state index in [0.29, 0.717) is 6.42 Å². The SMILES string of the molecule is CCCC(NS(=O)(=O)NCC)C(=O)O. The summed E-state index contributed by atoms with van der Waals surface area (Å²) in [7, 11) is -3.68. The van der Waals surface area contributed by atoms with Gasteiger partial charge in [-0.3, -0.25) is 4.79 Å². The van der Waals surface area contributed by atoms with Gasteiger partial charge in [-0.1, -0.05) is 20.3 Å². The molecule has 0 aliphatic rings. The third kappa shape index (κ3) is 5.15. The number of aliphatic carboxylic acids is 1. The first kappa shape index (κ1) is 13.3. The summed E-state index contributed by atoms with van der Waals surface area (Å²) >= 11 is 0. The smallest absolute Gasteiger partial charge is 0.321 e. The largest absolute Gasteiger partial charge is 0.480 e. The quantitative estimate of drug-likeness (QED) is 0.552. The lowest BCUT2D eigenvalue weighted by molar-refractivity contribution is -0.139. The Morgan fingerprint density at radius 1 is 1.43 bits per heavy atom. The molecule has 6 nitrogen and oxygen atoms in total. The molecule has 0 fully saturated rings. The Hall–Kier alpha value is -0.660. The fourth-order valence-electron chi connectivity index (χ4n) is 0.940. The van der Waals surface area contributed by atoms with Crippen molar-refractivity contribution in [2.75, 3.05) is 6.54 Å². The highest BCUT2D eigenvalue weighted by atomic mass is 32.2. The van der Waals surface area contributed by atoms with Gasteiger partial charge >= 0.3 is 5.97 Å². The molecule has 84 valence electrons. The average molecular weight is 224 g/mol. The Balaban J connectivity index is 4.36. The number of nitrogens with one attached hydrogen (secondary N) is 2. The number of carboxylic acids is 1. The number of hydrogen-bond donors (Lipinski definition) is 3. The van der Waals surface area contributed by atoms with Crippen LogP contribution < -0.4 is 9.44 Å². The molecule has 0 aliphatic carbocycles. The molecular formula is C7H16N2O4S. The summed E-state index contributed by atoms with van der Waals surface area (Å²) in [6, 6.07) is -1.05. The van der Waals surface area contributed by atoms with Gasteiger partial charge in [-0.25, -0.2) is 4.72 Å². The highest BCUT2D eigenvalue weighted by molar-refractivity contribution is 7.87. The van der Waals surface area contributed by atoms with Gasteiger partial charge in [-0.05, 0) is 6.42 Å². The van der Waals surface area contributed by atoms with Crippen LogP contribution in [0.25, 0.3) is 0 Å². The van der Waals surface area contributed by atoms with Crippen LogP contribution in [0.3, 0.4) is 0 Å². The Kier molecular flexibility index (Phi) is 5.66. The van der Waals surface area contributed by atoms with Gasteiger partial charge in [0.25, 0.3) is 10.2 Å². The molecular weight excluding hydrogens is 208 g/mol. The van der Waals surface area contributed by atoms with E-state index in [0.717, 1.165) is 0 Å². The van der Waals surface area contributed by atoms with Crippen LogP contribution >= 0.6 is 0 Å². The van der Waals surface area contributed by atoms with Crippen LogP contribution in [-0.2, 0) is 15.0 Å². The highest BCUT2D eigenvalue weighted by Crippen LogP contribution is 1.98. The summed E-state index contributed by atoms with van der Waals surface area (Å²) < 4.78 is 26.5. The Morgan fingerprint density at radius 3 is 2.36 bits per heavy atom. The van der Waals surface area contributed by atoms with E-state index in [1.54, 1.807) is 13.8 Å². The second kappa shape index (κ2) is 5.94. The maximum atomic E-state index is 11.1. The van der Waals surface area contributed by atoms with Gasteiger partial charge in [-0.2, -0.15) is 13.1 Å². The molecule has 0 saturated carbocycles. The maximum Gasteiger partial charge on any atom is 0.321 e. The molecule has 0 spiro atoms. The summed E-state index contributed by atoms with van der Waals surface area (Å²) in [5.41, 5.74) is 0. The number of hydrogen-bond acceptors (Lipinski definition) is 3. The first-order valence-electron chi connectivity index (χ1n) is 4.42. The van der Waals surface area contributed by atoms with Crippen LogP contribution in [0.4, 0.5) is 0 Å². The molecule has 0 rings (SSSR count). The minimum absolute atomic E-state index is 0.230. The predicted octanol–water partition coefficient (Wildman–Crippen LogP) is -0.316. The van der Waals surface area contributed by atoms with Crippen LogP contribution in [0.5, 0.6) is 0 Å². The fourth-order valence-corrected chi connectivity index (χ4v) is 2.00. The molecule has 0 aromatic carbocycles. The molecule has 7 heteroatoms. The van der Waals surface area contributed by atoms with Crippen molar-refractivity contribution in [2.24, 2.45) is 0 Å². The zero-order valence-electron chi connectivity index (χ0n) is 8.28. The van der Waals surface area contributed by atoms with E-state index in [2.05, 4.69) is 9.44 Å². The average Bonchev–Trinajstić information content (AvgIpc) is 2.02. The van der Waals surface area contributed by atoms with Crippen LogP contribution in [0.15, 0.2) is 0 Å². The van der Waals surface area contributed by atoms with Crippen LogP contribution in [0.2, 0.25) is 0 Å². The molecule has 0 saturated heterocycles. The van der Waals surface area contributed by atoms with Gasteiger partial charge in [0.15, 0.2) is 0 Å². The van der Waals surface area contributed by atoms with Crippen LogP contribution in [-0.4, -0.2) is 32.1 Å². The Morgan fingerprint density at radius 2 is 2.00 bits per heavy atom. The second-order valence-corrected chi connectivity index (χ2v) is 4.33. The first-order chi connectivity index (χ1) is 6.43. The van der Waals surface area contributed by atoms with Crippen molar-refractivity contribution < 1.29 is 18.3 Å². The van der Waals surface area contributed by atoms with E-state index in [4.69, 9.17) is 5.11 Å². The van der Waals surface area contributed by atoms with E-state index in [1.807, 2.05) is 0 Å². The van der Waals surface area contributed by atoms with E-state index in [9.17, 15) is 13.2 Å². The molecule has 1 atom stereocenters. The summed E-state index contributed by atoms with van der Waals surface area (Å²) in [4.78, 5) is 10.6. The summed E-state index contributed by atoms with van der Waals surface area (Å²) in [6.07, 6.45) is 0.881. The predicted molar refractivity (Wildman–Crippen MR) is 52.1 cm³/mol. The normalized spacial score (nSPS) is 13.9. The van der Waals surface area contributed by atoms with E-state index < -0.39 is 22.2 Å². The number of carbonyl (C=O) groups is 1. The summed E-state index contributed by atoms with van der Waals surface area (Å²) in [5, 5.41) is 8.68. The van der Waals surface area contributed by atoms with Gasteiger partial charge in [0.05, 0.1) is 0 Å².